The van der Waals surface area contributed by atoms with E-state index in [1.54, 1.807) is 0 Å². The Hall–Kier alpha value is -7.63. The first-order valence-corrected chi connectivity index (χ1v) is 18.9. The topological polar surface area (TPSA) is 48.5 Å². The van der Waals surface area contributed by atoms with Gasteiger partial charge in [0.2, 0.25) is 5.95 Å². The Labute approximate surface area is 323 Å². The number of aromatic nitrogens is 5. The molecule has 0 aliphatic carbocycles. The standard InChI is InChI=1S/C51H33N5/c1-4-15-34(16-5-1)35-27-29-36(30-28-35)39-21-14-22-40(33-39)55-45-25-12-10-23-41(45)43-31-32-44-42-24-11-13-26-46(42)56(48(44)47(43)55)51-53-49(37-17-6-2-7-18-37)52-50(54-51)38-19-8-3-9-20-38/h1-33H. The third-order valence-electron chi connectivity index (χ3n) is 10.8. The molecule has 3 aromatic heterocycles. The normalized spacial score (nSPS) is 11.6. The molecule has 0 aliphatic heterocycles. The van der Waals surface area contributed by atoms with Crippen LogP contribution in [0.15, 0.2) is 200 Å². The van der Waals surface area contributed by atoms with Crippen LogP contribution in [0.3, 0.4) is 0 Å². The van der Waals surface area contributed by atoms with E-state index >= 15 is 0 Å². The molecule has 0 spiro atoms. The third-order valence-corrected chi connectivity index (χ3v) is 10.8. The van der Waals surface area contributed by atoms with Crippen LogP contribution in [0, 0.1) is 0 Å². The smallest absolute Gasteiger partial charge is 0.238 e. The molecule has 5 heteroatoms. The number of hydrogen-bond acceptors (Lipinski definition) is 3. The van der Waals surface area contributed by atoms with Gasteiger partial charge in [-0.1, -0.05) is 176 Å². The van der Waals surface area contributed by atoms with E-state index < -0.39 is 0 Å². The van der Waals surface area contributed by atoms with Crippen LogP contribution in [0.4, 0.5) is 0 Å². The molecule has 0 amide bonds. The first-order valence-electron chi connectivity index (χ1n) is 18.9. The average Bonchev–Trinajstić information content (AvgIpc) is 3.80. The van der Waals surface area contributed by atoms with Gasteiger partial charge in [0.05, 0.1) is 22.1 Å². The molecule has 0 saturated heterocycles. The summed E-state index contributed by atoms with van der Waals surface area (Å²) in [5, 5.41) is 4.61. The van der Waals surface area contributed by atoms with Gasteiger partial charge in [-0.25, -0.2) is 4.98 Å². The van der Waals surface area contributed by atoms with Crippen LogP contribution in [-0.2, 0) is 0 Å². The van der Waals surface area contributed by atoms with E-state index in [1.165, 1.54) is 22.1 Å². The van der Waals surface area contributed by atoms with Gasteiger partial charge < -0.3 is 4.57 Å². The van der Waals surface area contributed by atoms with Gasteiger partial charge in [0.1, 0.15) is 0 Å². The zero-order valence-corrected chi connectivity index (χ0v) is 30.3. The lowest BCUT2D eigenvalue weighted by Crippen LogP contribution is -2.07. The molecule has 0 unspecified atom stereocenters. The van der Waals surface area contributed by atoms with Gasteiger partial charge >= 0.3 is 0 Å². The summed E-state index contributed by atoms with van der Waals surface area (Å²) in [6.45, 7) is 0. The highest BCUT2D eigenvalue weighted by Gasteiger charge is 2.23. The summed E-state index contributed by atoms with van der Waals surface area (Å²) in [5.74, 6) is 1.82. The summed E-state index contributed by atoms with van der Waals surface area (Å²) < 4.78 is 4.66. The van der Waals surface area contributed by atoms with Crippen molar-refractivity contribution in [3.63, 3.8) is 0 Å². The minimum Gasteiger partial charge on any atom is -0.307 e. The van der Waals surface area contributed by atoms with Gasteiger partial charge in [0.25, 0.3) is 0 Å². The summed E-state index contributed by atoms with van der Waals surface area (Å²) in [6.07, 6.45) is 0. The van der Waals surface area contributed by atoms with E-state index in [0.29, 0.717) is 17.6 Å². The predicted molar refractivity (Wildman–Crippen MR) is 230 cm³/mol. The molecule has 11 rings (SSSR count). The molecule has 0 saturated carbocycles. The number of benzene rings is 8. The monoisotopic (exact) mass is 715 g/mol. The maximum atomic E-state index is 5.25. The zero-order chi connectivity index (χ0) is 37.0. The van der Waals surface area contributed by atoms with Gasteiger partial charge in [0.15, 0.2) is 11.6 Å². The highest BCUT2D eigenvalue weighted by atomic mass is 15.2. The summed E-state index contributed by atoms with van der Waals surface area (Å²) in [7, 11) is 0. The average molecular weight is 716 g/mol. The number of rotatable bonds is 6. The van der Waals surface area contributed by atoms with Gasteiger partial charge in [-0.05, 0) is 46.5 Å². The molecule has 262 valence electrons. The first-order chi connectivity index (χ1) is 27.8. The molecule has 0 N–H and O–H groups in total. The van der Waals surface area contributed by atoms with Crippen LogP contribution in [0.25, 0.3) is 100 Å². The molecule has 0 bridgehead atoms. The molecule has 0 aliphatic rings. The van der Waals surface area contributed by atoms with Crippen molar-refractivity contribution < 1.29 is 0 Å². The summed E-state index contributed by atoms with van der Waals surface area (Å²) in [6, 6.07) is 70.4. The Bertz CT molecular complexity index is 3160. The van der Waals surface area contributed by atoms with Crippen molar-refractivity contribution in [2.45, 2.75) is 0 Å². The second-order valence-electron chi connectivity index (χ2n) is 14.1. The Morgan fingerprint density at radius 3 is 1.29 bits per heavy atom. The van der Waals surface area contributed by atoms with Crippen LogP contribution >= 0.6 is 0 Å². The van der Waals surface area contributed by atoms with Crippen LogP contribution in [0.5, 0.6) is 0 Å². The first kappa shape index (κ1) is 31.9. The van der Waals surface area contributed by atoms with Crippen molar-refractivity contribution in [2.24, 2.45) is 0 Å². The lowest BCUT2D eigenvalue weighted by Gasteiger charge is -2.14. The van der Waals surface area contributed by atoms with Crippen LogP contribution in [0.2, 0.25) is 0 Å². The fourth-order valence-corrected chi connectivity index (χ4v) is 8.18. The van der Waals surface area contributed by atoms with E-state index in [1.807, 2.05) is 36.4 Å². The van der Waals surface area contributed by atoms with Gasteiger partial charge in [0, 0.05) is 38.4 Å². The Kier molecular flexibility index (Phi) is 7.42. The fourth-order valence-electron chi connectivity index (χ4n) is 8.18. The maximum Gasteiger partial charge on any atom is 0.238 e. The number of hydrogen-bond donors (Lipinski definition) is 0. The molecule has 8 aromatic carbocycles. The predicted octanol–water partition coefficient (Wildman–Crippen LogP) is 12.7. The summed E-state index contributed by atoms with van der Waals surface area (Å²) in [4.78, 5) is 15.5. The molecule has 0 radical (unpaired) electrons. The maximum absolute atomic E-state index is 5.25. The second kappa shape index (κ2) is 13.0. The van der Waals surface area contributed by atoms with Crippen molar-refractivity contribution in [3.05, 3.63) is 200 Å². The van der Waals surface area contributed by atoms with E-state index in [2.05, 4.69) is 173 Å². The Morgan fingerprint density at radius 2 is 0.714 bits per heavy atom. The third kappa shape index (κ3) is 5.21. The molecule has 0 atom stereocenters. The van der Waals surface area contributed by atoms with E-state index in [0.717, 1.165) is 60.6 Å². The van der Waals surface area contributed by atoms with Crippen molar-refractivity contribution in [1.29, 1.82) is 0 Å². The Morgan fingerprint density at radius 1 is 0.286 bits per heavy atom. The van der Waals surface area contributed by atoms with Crippen molar-refractivity contribution in [2.75, 3.05) is 0 Å². The second-order valence-corrected chi connectivity index (χ2v) is 14.1. The minimum atomic E-state index is 0.570. The highest BCUT2D eigenvalue weighted by Crippen LogP contribution is 2.42. The molecule has 56 heavy (non-hydrogen) atoms. The fraction of sp³-hybridized carbons (Fsp3) is 0. The van der Waals surface area contributed by atoms with Crippen LogP contribution in [0.1, 0.15) is 0 Å². The Balaban J connectivity index is 1.20. The molecule has 3 heterocycles. The SMILES string of the molecule is c1ccc(-c2ccc(-c3cccc(-n4c5ccccc5c5ccc6c7ccccc7n(-c7nc(-c8ccccc8)nc(-c8ccccc8)n7)c6c54)c3)cc2)cc1. The molecule has 0 fully saturated rings. The zero-order valence-electron chi connectivity index (χ0n) is 30.3. The molecule has 11 aromatic rings. The van der Waals surface area contributed by atoms with Gasteiger partial charge in [-0.2, -0.15) is 9.97 Å². The van der Waals surface area contributed by atoms with Gasteiger partial charge in [-0.15, -0.1) is 0 Å². The quantitative estimate of drug-likeness (QED) is 0.172. The lowest BCUT2D eigenvalue weighted by atomic mass is 10.00. The molecular weight excluding hydrogens is 683 g/mol. The van der Waals surface area contributed by atoms with Crippen molar-refractivity contribution in [1.82, 2.24) is 24.1 Å². The summed E-state index contributed by atoms with van der Waals surface area (Å²) in [5.41, 5.74) is 12.0. The van der Waals surface area contributed by atoms with E-state index in [-0.39, 0.29) is 0 Å². The number of nitrogens with zero attached hydrogens (tertiary/aromatic N) is 5. The summed E-state index contributed by atoms with van der Waals surface area (Å²) >= 11 is 0. The van der Waals surface area contributed by atoms with Crippen molar-refractivity contribution in [3.8, 4) is 56.7 Å². The molecule has 5 nitrogen and oxygen atoms in total. The van der Waals surface area contributed by atoms with Gasteiger partial charge in [-0.3, -0.25) is 4.57 Å². The van der Waals surface area contributed by atoms with E-state index in [9.17, 15) is 0 Å². The van der Waals surface area contributed by atoms with Crippen molar-refractivity contribution >= 4 is 43.6 Å². The molecular formula is C51H33N5. The van der Waals surface area contributed by atoms with E-state index in [4.69, 9.17) is 15.0 Å². The number of fused-ring (bicyclic) bond motifs is 7. The largest absolute Gasteiger partial charge is 0.307 e. The minimum absolute atomic E-state index is 0.570. The van der Waals surface area contributed by atoms with Crippen LogP contribution < -0.4 is 0 Å². The highest BCUT2D eigenvalue weighted by molar-refractivity contribution is 6.23. The van der Waals surface area contributed by atoms with Crippen LogP contribution in [-0.4, -0.2) is 24.1 Å². The number of para-hydroxylation sites is 2. The lowest BCUT2D eigenvalue weighted by molar-refractivity contribution is 0.953.